The zero-order chi connectivity index (χ0) is 11.6. The molecule has 0 unspecified atom stereocenters. The van der Waals surface area contributed by atoms with Crippen molar-refractivity contribution in [1.29, 1.82) is 0 Å². The summed E-state index contributed by atoms with van der Waals surface area (Å²) in [7, 11) is 0. The summed E-state index contributed by atoms with van der Waals surface area (Å²) in [5.41, 5.74) is -0.0216. The second-order valence-electron chi connectivity index (χ2n) is 5.16. The fourth-order valence-corrected chi connectivity index (χ4v) is 2.79. The van der Waals surface area contributed by atoms with Crippen LogP contribution in [0.5, 0.6) is 0 Å². The molecule has 16 heavy (non-hydrogen) atoms. The molecule has 92 valence electrons. The van der Waals surface area contributed by atoms with Gasteiger partial charge < -0.3 is 10.1 Å². The number of fused-ring (bicyclic) bond motifs is 2. The minimum absolute atomic E-state index is 0.0216. The summed E-state index contributed by atoms with van der Waals surface area (Å²) in [6.45, 7) is 6.62. The molecule has 2 heterocycles. The van der Waals surface area contributed by atoms with E-state index in [9.17, 15) is 4.79 Å². The summed E-state index contributed by atoms with van der Waals surface area (Å²) < 4.78 is 5.33. The predicted octanol–water partition coefficient (Wildman–Crippen LogP) is 1.75. The Bertz CT molecular complexity index is 266. The number of carbonyl (C=O) groups is 1. The maximum Gasteiger partial charge on any atom is 0.410 e. The Balaban J connectivity index is 1.95. The fraction of sp³-hybridized carbons (Fsp3) is 0.917. The van der Waals surface area contributed by atoms with Crippen LogP contribution in [0.1, 0.15) is 39.5 Å². The number of hydrogen-bond acceptors (Lipinski definition) is 3. The molecule has 4 heteroatoms. The highest BCUT2D eigenvalue weighted by Gasteiger charge is 2.48. The van der Waals surface area contributed by atoms with Crippen molar-refractivity contribution >= 4 is 6.09 Å². The molecule has 2 atom stereocenters. The van der Waals surface area contributed by atoms with E-state index in [1.54, 1.807) is 0 Å². The Hall–Kier alpha value is -0.770. The van der Waals surface area contributed by atoms with Gasteiger partial charge in [-0.3, -0.25) is 4.90 Å². The number of unbranched alkanes of at least 4 members (excludes halogenated alkanes) is 1. The van der Waals surface area contributed by atoms with Gasteiger partial charge in [0.25, 0.3) is 0 Å². The largest absolute Gasteiger partial charge is 0.449 e. The van der Waals surface area contributed by atoms with E-state index in [-0.39, 0.29) is 11.6 Å². The average molecular weight is 226 g/mol. The Labute approximate surface area is 97.3 Å². The molecule has 2 aliphatic rings. The summed E-state index contributed by atoms with van der Waals surface area (Å²) >= 11 is 0. The number of carbonyl (C=O) groups excluding carboxylic acids is 1. The minimum Gasteiger partial charge on any atom is -0.449 e. The van der Waals surface area contributed by atoms with Crippen LogP contribution in [0.2, 0.25) is 0 Å². The van der Waals surface area contributed by atoms with Crippen molar-refractivity contribution in [2.24, 2.45) is 0 Å². The zero-order valence-electron chi connectivity index (χ0n) is 10.3. The van der Waals surface area contributed by atoms with E-state index >= 15 is 0 Å². The van der Waals surface area contributed by atoms with Crippen LogP contribution in [0.4, 0.5) is 4.79 Å². The number of amides is 1. The third-order valence-corrected chi connectivity index (χ3v) is 3.77. The maximum absolute atomic E-state index is 12.0. The molecule has 0 saturated carbocycles. The van der Waals surface area contributed by atoms with Crippen LogP contribution < -0.4 is 5.32 Å². The molecule has 0 aromatic rings. The van der Waals surface area contributed by atoms with Gasteiger partial charge in [0.1, 0.15) is 0 Å². The van der Waals surface area contributed by atoms with Gasteiger partial charge in [-0.05, 0) is 26.2 Å². The Kier molecular flexibility index (Phi) is 3.38. The lowest BCUT2D eigenvalue weighted by Gasteiger charge is -2.42. The first kappa shape index (κ1) is 11.7. The molecule has 0 aromatic carbocycles. The molecule has 0 aromatic heterocycles. The Morgan fingerprint density at radius 1 is 1.62 bits per heavy atom. The quantitative estimate of drug-likeness (QED) is 0.745. The van der Waals surface area contributed by atoms with Gasteiger partial charge in [0.05, 0.1) is 12.1 Å². The van der Waals surface area contributed by atoms with Gasteiger partial charge in [-0.25, -0.2) is 4.79 Å². The van der Waals surface area contributed by atoms with Crippen LogP contribution in [0, 0.1) is 0 Å². The molecule has 0 aliphatic carbocycles. The molecule has 0 spiro atoms. The fourth-order valence-electron chi connectivity index (χ4n) is 2.79. The first-order valence-corrected chi connectivity index (χ1v) is 6.34. The second-order valence-corrected chi connectivity index (χ2v) is 5.16. The number of rotatable bonds is 3. The Morgan fingerprint density at radius 3 is 3.12 bits per heavy atom. The summed E-state index contributed by atoms with van der Waals surface area (Å²) in [5.74, 6) is 0. The van der Waals surface area contributed by atoms with Gasteiger partial charge in [-0.15, -0.1) is 0 Å². The van der Waals surface area contributed by atoms with E-state index in [0.717, 1.165) is 38.8 Å². The van der Waals surface area contributed by atoms with E-state index in [4.69, 9.17) is 4.74 Å². The van der Waals surface area contributed by atoms with Gasteiger partial charge in [0, 0.05) is 19.1 Å². The van der Waals surface area contributed by atoms with Crippen molar-refractivity contribution in [2.75, 3.05) is 19.7 Å². The standard InChI is InChI=1S/C12H22N2O2/c1-3-4-7-16-11(15)14-10-5-6-12(14,2)9-13-8-10/h10,13H,3-9H2,1-2H3/t10-,12+/m0/s1. The number of nitrogens with zero attached hydrogens (tertiary/aromatic N) is 1. The SMILES string of the molecule is CCCCOC(=O)N1[C@H]2CC[C@]1(C)CNC2. The first-order valence-electron chi connectivity index (χ1n) is 6.34. The molecular weight excluding hydrogens is 204 g/mol. The van der Waals surface area contributed by atoms with Crippen LogP contribution in [0.25, 0.3) is 0 Å². The molecular formula is C12H22N2O2. The molecule has 1 amide bonds. The smallest absolute Gasteiger partial charge is 0.410 e. The van der Waals surface area contributed by atoms with Crippen LogP contribution in [0.15, 0.2) is 0 Å². The topological polar surface area (TPSA) is 41.6 Å². The molecule has 0 radical (unpaired) electrons. The monoisotopic (exact) mass is 226 g/mol. The number of ether oxygens (including phenoxy) is 1. The van der Waals surface area contributed by atoms with E-state index < -0.39 is 0 Å². The normalized spacial score (nSPS) is 32.9. The molecule has 2 saturated heterocycles. The van der Waals surface area contributed by atoms with E-state index in [1.807, 2.05) is 4.90 Å². The first-order chi connectivity index (χ1) is 7.67. The minimum atomic E-state index is -0.111. The van der Waals surface area contributed by atoms with Crippen LogP contribution >= 0.6 is 0 Å². The Morgan fingerprint density at radius 2 is 2.44 bits per heavy atom. The highest BCUT2D eigenvalue weighted by atomic mass is 16.6. The highest BCUT2D eigenvalue weighted by Crippen LogP contribution is 2.36. The second kappa shape index (κ2) is 4.62. The van der Waals surface area contributed by atoms with Gasteiger partial charge in [-0.2, -0.15) is 0 Å². The highest BCUT2D eigenvalue weighted by molar-refractivity contribution is 5.70. The van der Waals surface area contributed by atoms with E-state index in [1.165, 1.54) is 0 Å². The van der Waals surface area contributed by atoms with Gasteiger partial charge in [0.15, 0.2) is 0 Å². The van der Waals surface area contributed by atoms with Crippen LogP contribution in [-0.2, 0) is 4.74 Å². The molecule has 2 bridgehead atoms. The van der Waals surface area contributed by atoms with Crippen molar-refractivity contribution in [2.45, 2.75) is 51.1 Å². The number of piperazine rings is 1. The molecule has 1 N–H and O–H groups in total. The van der Waals surface area contributed by atoms with Gasteiger partial charge in [-0.1, -0.05) is 13.3 Å². The van der Waals surface area contributed by atoms with Crippen molar-refractivity contribution in [3.8, 4) is 0 Å². The van der Waals surface area contributed by atoms with Crippen molar-refractivity contribution in [3.63, 3.8) is 0 Å². The zero-order valence-corrected chi connectivity index (χ0v) is 10.3. The number of nitrogens with one attached hydrogen (secondary N) is 1. The van der Waals surface area contributed by atoms with Crippen molar-refractivity contribution in [3.05, 3.63) is 0 Å². The lowest BCUT2D eigenvalue weighted by Crippen LogP contribution is -2.60. The summed E-state index contributed by atoms with van der Waals surface area (Å²) in [6, 6.07) is 0.341. The summed E-state index contributed by atoms with van der Waals surface area (Å²) in [4.78, 5) is 14.0. The van der Waals surface area contributed by atoms with E-state index in [0.29, 0.717) is 12.6 Å². The van der Waals surface area contributed by atoms with Crippen molar-refractivity contribution < 1.29 is 9.53 Å². The summed E-state index contributed by atoms with van der Waals surface area (Å²) in [6.07, 6.45) is 4.11. The van der Waals surface area contributed by atoms with Gasteiger partial charge in [0.2, 0.25) is 0 Å². The summed E-state index contributed by atoms with van der Waals surface area (Å²) in [5, 5.41) is 3.39. The lowest BCUT2D eigenvalue weighted by molar-refractivity contribution is 0.0442. The maximum atomic E-state index is 12.0. The molecule has 4 nitrogen and oxygen atoms in total. The molecule has 2 rings (SSSR count). The van der Waals surface area contributed by atoms with Crippen LogP contribution in [-0.4, -0.2) is 42.3 Å². The number of hydrogen-bond donors (Lipinski definition) is 1. The van der Waals surface area contributed by atoms with Gasteiger partial charge >= 0.3 is 6.09 Å². The van der Waals surface area contributed by atoms with Crippen LogP contribution in [0.3, 0.4) is 0 Å². The van der Waals surface area contributed by atoms with Crippen molar-refractivity contribution in [1.82, 2.24) is 10.2 Å². The van der Waals surface area contributed by atoms with E-state index in [2.05, 4.69) is 19.2 Å². The third-order valence-electron chi connectivity index (χ3n) is 3.77. The molecule has 2 fully saturated rings. The third kappa shape index (κ3) is 2.03. The predicted molar refractivity (Wildman–Crippen MR) is 62.4 cm³/mol. The molecule has 2 aliphatic heterocycles. The lowest BCUT2D eigenvalue weighted by atomic mass is 9.99. The average Bonchev–Trinajstić information content (AvgIpc) is 2.45.